The van der Waals surface area contributed by atoms with Gasteiger partial charge in [0.05, 0.1) is 21.5 Å². The molecule has 0 fully saturated rings. The van der Waals surface area contributed by atoms with Crippen molar-refractivity contribution in [1.29, 1.82) is 0 Å². The highest BCUT2D eigenvalue weighted by molar-refractivity contribution is 7.92. The minimum atomic E-state index is -4.36. The second-order valence-electron chi connectivity index (χ2n) is 10.2. The van der Waals surface area contributed by atoms with Crippen LogP contribution in [0, 0.1) is 11.6 Å². The van der Waals surface area contributed by atoms with Crippen LogP contribution in [-0.2, 0) is 29.1 Å². The maximum absolute atomic E-state index is 13.8. The van der Waals surface area contributed by atoms with Gasteiger partial charge in [-0.3, -0.25) is 13.8 Å². The van der Waals surface area contributed by atoms with E-state index in [4.69, 9.17) is 13.7 Å². The molecular formula is C27H28F2N2O8S2. The fourth-order valence-corrected chi connectivity index (χ4v) is 6.59. The molecule has 0 aromatic heterocycles. The second-order valence-corrected chi connectivity index (χ2v) is 13.6. The monoisotopic (exact) mass is 610 g/mol. The summed E-state index contributed by atoms with van der Waals surface area (Å²) in [6.07, 6.45) is -1.90. The van der Waals surface area contributed by atoms with Gasteiger partial charge in [0.15, 0.2) is 0 Å². The third kappa shape index (κ3) is 6.94. The number of nitrogens with one attached hydrogen (secondary N) is 1. The smallest absolute Gasteiger partial charge is 0.412 e. The summed E-state index contributed by atoms with van der Waals surface area (Å²) in [5.41, 5.74) is -0.551. The van der Waals surface area contributed by atoms with Gasteiger partial charge in [-0.15, -0.1) is 0 Å². The minimum Gasteiger partial charge on any atom is -0.484 e. The van der Waals surface area contributed by atoms with Crippen molar-refractivity contribution in [2.75, 3.05) is 16.2 Å². The summed E-state index contributed by atoms with van der Waals surface area (Å²) >= 11 is 0. The van der Waals surface area contributed by atoms with E-state index in [0.717, 1.165) is 52.8 Å². The molecule has 3 aromatic rings. The first-order valence-electron chi connectivity index (χ1n) is 12.3. The van der Waals surface area contributed by atoms with Gasteiger partial charge in [0.25, 0.3) is 20.1 Å². The highest BCUT2D eigenvalue weighted by Gasteiger charge is 2.41. The molecule has 10 nitrogen and oxygen atoms in total. The maximum atomic E-state index is 13.8. The number of nitrogens with zero attached hydrogens (tertiary/aromatic N) is 1. The van der Waals surface area contributed by atoms with Crippen molar-refractivity contribution in [3.63, 3.8) is 0 Å². The third-order valence-electron chi connectivity index (χ3n) is 5.89. The first kappa shape index (κ1) is 30.2. The molecule has 41 heavy (non-hydrogen) atoms. The number of anilines is 2. The molecule has 1 aliphatic heterocycles. The topological polar surface area (TPSA) is 128 Å². The van der Waals surface area contributed by atoms with E-state index in [1.54, 1.807) is 20.8 Å². The van der Waals surface area contributed by atoms with E-state index in [2.05, 4.69) is 5.32 Å². The van der Waals surface area contributed by atoms with Crippen molar-refractivity contribution < 1.29 is 44.1 Å². The number of fused-ring (bicyclic) bond motifs is 1. The van der Waals surface area contributed by atoms with Crippen molar-refractivity contribution in [2.24, 2.45) is 0 Å². The predicted octanol–water partition coefficient (Wildman–Crippen LogP) is 5.06. The zero-order valence-electron chi connectivity index (χ0n) is 22.5. The van der Waals surface area contributed by atoms with Gasteiger partial charge < -0.3 is 9.47 Å². The maximum Gasteiger partial charge on any atom is 0.412 e. The Labute approximate surface area is 237 Å². The van der Waals surface area contributed by atoms with E-state index in [9.17, 15) is 30.4 Å². The van der Waals surface area contributed by atoms with E-state index >= 15 is 0 Å². The third-order valence-corrected chi connectivity index (χ3v) is 9.10. The Morgan fingerprint density at radius 3 is 2.05 bits per heavy atom. The summed E-state index contributed by atoms with van der Waals surface area (Å²) < 4.78 is 97.3. The van der Waals surface area contributed by atoms with Crippen LogP contribution in [0.5, 0.6) is 5.75 Å². The molecule has 0 radical (unpaired) electrons. The molecule has 0 bridgehead atoms. The van der Waals surface area contributed by atoms with Crippen LogP contribution in [0.25, 0.3) is 0 Å². The van der Waals surface area contributed by atoms with Crippen molar-refractivity contribution >= 4 is 37.6 Å². The number of carbonyl (C=O) groups excluding carboxylic acids is 1. The average Bonchev–Trinajstić information content (AvgIpc) is 2.87. The van der Waals surface area contributed by atoms with Gasteiger partial charge >= 0.3 is 6.09 Å². The number of sulfonamides is 1. The lowest BCUT2D eigenvalue weighted by atomic mass is 10.1. The van der Waals surface area contributed by atoms with Gasteiger partial charge in [-0.2, -0.15) is 8.42 Å². The molecular weight excluding hydrogens is 582 g/mol. The Morgan fingerprint density at radius 2 is 1.49 bits per heavy atom. The van der Waals surface area contributed by atoms with E-state index in [0.29, 0.717) is 0 Å². The van der Waals surface area contributed by atoms with Gasteiger partial charge in [0.2, 0.25) is 0 Å². The van der Waals surface area contributed by atoms with E-state index in [1.165, 1.54) is 25.1 Å². The summed E-state index contributed by atoms with van der Waals surface area (Å²) in [6.45, 7) is 5.95. The normalized spacial score (nSPS) is 17.4. The zero-order chi connectivity index (χ0) is 30.2. The molecule has 3 aromatic carbocycles. The van der Waals surface area contributed by atoms with Crippen LogP contribution in [-0.4, -0.2) is 47.3 Å². The Bertz CT molecular complexity index is 1640. The molecule has 1 N–H and O–H groups in total. The molecule has 2 atom stereocenters. The number of hydrogen-bond acceptors (Lipinski definition) is 8. The lowest BCUT2D eigenvalue weighted by Gasteiger charge is -2.40. The fourth-order valence-electron chi connectivity index (χ4n) is 3.99. The second kappa shape index (κ2) is 11.3. The van der Waals surface area contributed by atoms with E-state index in [-0.39, 0.29) is 26.9 Å². The van der Waals surface area contributed by atoms with Gasteiger partial charge in [0.1, 0.15) is 35.7 Å². The van der Waals surface area contributed by atoms with Crippen LogP contribution in [0.1, 0.15) is 27.7 Å². The molecule has 1 heterocycles. The van der Waals surface area contributed by atoms with Crippen molar-refractivity contribution in [2.45, 2.75) is 55.2 Å². The van der Waals surface area contributed by atoms with Gasteiger partial charge in [-0.05, 0) is 94.4 Å². The molecule has 0 saturated carbocycles. The molecule has 0 aliphatic carbocycles. The molecule has 0 saturated heterocycles. The first-order valence-corrected chi connectivity index (χ1v) is 15.2. The number of benzene rings is 3. The number of rotatable bonds is 7. The highest BCUT2D eigenvalue weighted by Crippen LogP contribution is 2.42. The van der Waals surface area contributed by atoms with Crippen LogP contribution >= 0.6 is 0 Å². The van der Waals surface area contributed by atoms with Gasteiger partial charge in [-0.1, -0.05) is 0 Å². The van der Waals surface area contributed by atoms with Crippen LogP contribution < -0.4 is 14.4 Å². The lowest BCUT2D eigenvalue weighted by molar-refractivity contribution is 0.0636. The Hall–Kier alpha value is -3.75. The number of halogens is 2. The molecule has 1 amide bonds. The summed E-state index contributed by atoms with van der Waals surface area (Å²) in [7, 11) is -8.70. The lowest BCUT2D eigenvalue weighted by Crippen LogP contribution is -2.52. The van der Waals surface area contributed by atoms with Crippen LogP contribution in [0.3, 0.4) is 0 Å². The van der Waals surface area contributed by atoms with Crippen molar-refractivity contribution in [1.82, 2.24) is 0 Å². The van der Waals surface area contributed by atoms with Gasteiger partial charge in [-0.25, -0.2) is 22.0 Å². The summed E-state index contributed by atoms with van der Waals surface area (Å²) in [4.78, 5) is 11.8. The molecule has 4 rings (SSSR count). The number of amides is 1. The standard InChI is InChI=1S/C27H28F2N2O8S2/c1-17-25(16-37-41(35,36)22-12-7-19(29)8-13-22)38-24-14-9-20(30-26(32)39-27(2,3)4)15-23(24)31(17)40(33,34)21-10-5-18(28)6-11-21/h5-15,17,25H,16H2,1-4H3,(H,30,32)/t17-,25?/m0/s1. The van der Waals surface area contributed by atoms with Crippen LogP contribution in [0.2, 0.25) is 0 Å². The van der Waals surface area contributed by atoms with Crippen LogP contribution in [0.4, 0.5) is 25.0 Å². The van der Waals surface area contributed by atoms with Gasteiger partial charge in [0, 0.05) is 5.69 Å². The predicted molar refractivity (Wildman–Crippen MR) is 146 cm³/mol. The summed E-state index contributed by atoms with van der Waals surface area (Å²) in [6, 6.07) is 11.4. The Kier molecular flexibility index (Phi) is 8.30. The van der Waals surface area contributed by atoms with Crippen molar-refractivity contribution in [3.05, 3.63) is 78.4 Å². The average molecular weight is 611 g/mol. The minimum absolute atomic E-state index is 0.0352. The molecule has 1 unspecified atom stereocenters. The van der Waals surface area contributed by atoms with E-state index in [1.807, 2.05) is 0 Å². The first-order chi connectivity index (χ1) is 19.1. The Morgan fingerprint density at radius 1 is 0.927 bits per heavy atom. The van der Waals surface area contributed by atoms with E-state index < -0.39 is 62.2 Å². The molecule has 220 valence electrons. The summed E-state index contributed by atoms with van der Waals surface area (Å²) in [5, 5.41) is 2.54. The molecule has 14 heteroatoms. The number of hydrogen-bond donors (Lipinski definition) is 1. The zero-order valence-corrected chi connectivity index (χ0v) is 24.1. The number of ether oxygens (including phenoxy) is 2. The largest absolute Gasteiger partial charge is 0.484 e. The summed E-state index contributed by atoms with van der Waals surface area (Å²) in [5.74, 6) is -1.22. The fraction of sp³-hybridized carbons (Fsp3) is 0.296. The van der Waals surface area contributed by atoms with Crippen molar-refractivity contribution in [3.8, 4) is 5.75 Å². The Balaban J connectivity index is 1.69. The molecule has 0 spiro atoms. The SMILES string of the molecule is C[C@H]1C(COS(=O)(=O)c2ccc(F)cc2)Oc2ccc(NC(=O)OC(C)(C)C)cc2N1S(=O)(=O)c1ccc(F)cc1. The highest BCUT2D eigenvalue weighted by atomic mass is 32.2. The number of carbonyl (C=O) groups is 1. The molecule has 1 aliphatic rings. The van der Waals surface area contributed by atoms with Crippen LogP contribution in [0.15, 0.2) is 76.5 Å². The quantitative estimate of drug-likeness (QED) is 0.368.